The van der Waals surface area contributed by atoms with E-state index >= 15 is 0 Å². The summed E-state index contributed by atoms with van der Waals surface area (Å²) in [7, 11) is 1.61. The van der Waals surface area contributed by atoms with Crippen LogP contribution in [-0.2, 0) is 0 Å². The van der Waals surface area contributed by atoms with Crippen LogP contribution in [0.2, 0.25) is 0 Å². The van der Waals surface area contributed by atoms with E-state index in [1.807, 2.05) is 12.1 Å². The molecular formula is C16H23NO4. The Morgan fingerprint density at radius 3 is 2.81 bits per heavy atom. The van der Waals surface area contributed by atoms with Crippen LogP contribution < -0.4 is 19.5 Å². The van der Waals surface area contributed by atoms with E-state index in [1.165, 1.54) is 32.1 Å². The van der Waals surface area contributed by atoms with Crippen molar-refractivity contribution < 1.29 is 19.3 Å². The normalized spacial score (nSPS) is 19.5. The lowest BCUT2D eigenvalue weighted by molar-refractivity contribution is 0.171. The van der Waals surface area contributed by atoms with Crippen molar-refractivity contribution in [1.82, 2.24) is 5.32 Å². The van der Waals surface area contributed by atoms with Crippen molar-refractivity contribution in [2.24, 2.45) is 0 Å². The molecule has 1 unspecified atom stereocenters. The van der Waals surface area contributed by atoms with Crippen LogP contribution in [0.5, 0.6) is 17.2 Å². The Labute approximate surface area is 125 Å². The Kier molecular flexibility index (Phi) is 4.51. The predicted molar refractivity (Wildman–Crippen MR) is 79.0 cm³/mol. The number of aliphatic hydroxyl groups excluding tert-OH is 1. The van der Waals surface area contributed by atoms with E-state index in [0.29, 0.717) is 23.3 Å². The third-order valence-corrected chi connectivity index (χ3v) is 4.31. The molecular weight excluding hydrogens is 270 g/mol. The van der Waals surface area contributed by atoms with Gasteiger partial charge in [-0.05, 0) is 30.5 Å². The first-order valence-corrected chi connectivity index (χ1v) is 7.66. The molecule has 1 atom stereocenters. The van der Waals surface area contributed by atoms with Crippen molar-refractivity contribution in [3.05, 3.63) is 17.7 Å². The first-order valence-electron chi connectivity index (χ1n) is 7.66. The van der Waals surface area contributed by atoms with Gasteiger partial charge in [0, 0.05) is 6.04 Å². The highest BCUT2D eigenvalue weighted by Crippen LogP contribution is 2.43. The molecule has 0 aromatic heterocycles. The molecule has 5 nitrogen and oxygen atoms in total. The smallest absolute Gasteiger partial charge is 0.231 e. The van der Waals surface area contributed by atoms with Gasteiger partial charge in [-0.1, -0.05) is 19.3 Å². The van der Waals surface area contributed by atoms with Crippen LogP contribution in [0.4, 0.5) is 0 Å². The minimum Gasteiger partial charge on any atom is -0.493 e. The van der Waals surface area contributed by atoms with Gasteiger partial charge >= 0.3 is 0 Å². The Balaban J connectivity index is 1.79. The van der Waals surface area contributed by atoms with Gasteiger partial charge in [-0.25, -0.2) is 0 Å². The summed E-state index contributed by atoms with van der Waals surface area (Å²) in [4.78, 5) is 0. The van der Waals surface area contributed by atoms with Crippen LogP contribution in [-0.4, -0.2) is 31.7 Å². The second-order valence-corrected chi connectivity index (χ2v) is 5.69. The first-order chi connectivity index (χ1) is 10.3. The average Bonchev–Trinajstić information content (AvgIpc) is 3.01. The number of fused-ring (bicyclic) bond motifs is 1. The van der Waals surface area contributed by atoms with E-state index < -0.39 is 0 Å². The third-order valence-electron chi connectivity index (χ3n) is 4.31. The molecule has 0 amide bonds. The lowest BCUT2D eigenvalue weighted by Crippen LogP contribution is -2.36. The molecule has 1 heterocycles. The monoisotopic (exact) mass is 293 g/mol. The number of methoxy groups -OCH3 is 1. The summed E-state index contributed by atoms with van der Waals surface area (Å²) in [5.74, 6) is 1.99. The Morgan fingerprint density at radius 1 is 1.29 bits per heavy atom. The van der Waals surface area contributed by atoms with Gasteiger partial charge in [-0.2, -0.15) is 0 Å². The van der Waals surface area contributed by atoms with Gasteiger partial charge in [0.1, 0.15) is 0 Å². The zero-order valence-corrected chi connectivity index (χ0v) is 12.4. The summed E-state index contributed by atoms with van der Waals surface area (Å²) >= 11 is 0. The van der Waals surface area contributed by atoms with Crippen LogP contribution >= 0.6 is 0 Å². The SMILES string of the molecule is COc1cc(C(CO)NC2CCCCC2)cc2c1OCO2. The zero-order chi connectivity index (χ0) is 14.7. The predicted octanol–water partition coefficient (Wildman–Crippen LogP) is 2.38. The Bertz CT molecular complexity index is 485. The highest BCUT2D eigenvalue weighted by atomic mass is 16.7. The topological polar surface area (TPSA) is 60.0 Å². The Hall–Kier alpha value is -1.46. The molecule has 0 spiro atoms. The molecule has 1 aromatic rings. The summed E-state index contributed by atoms with van der Waals surface area (Å²) in [6.45, 7) is 0.272. The van der Waals surface area contributed by atoms with E-state index in [0.717, 1.165) is 5.56 Å². The number of hydrogen-bond acceptors (Lipinski definition) is 5. The van der Waals surface area contributed by atoms with Gasteiger partial charge in [-0.3, -0.25) is 0 Å². The summed E-state index contributed by atoms with van der Waals surface area (Å²) in [5, 5.41) is 13.3. The molecule has 2 aliphatic rings. The molecule has 1 aromatic carbocycles. The fraction of sp³-hybridized carbons (Fsp3) is 0.625. The van der Waals surface area contributed by atoms with Crippen LogP contribution in [0.15, 0.2) is 12.1 Å². The molecule has 0 bridgehead atoms. The summed E-state index contributed by atoms with van der Waals surface area (Å²) < 4.78 is 16.2. The molecule has 116 valence electrons. The van der Waals surface area contributed by atoms with E-state index in [4.69, 9.17) is 14.2 Å². The molecule has 1 saturated carbocycles. The standard InChI is InChI=1S/C16H23NO4/c1-19-14-7-11(8-15-16(14)21-10-20-15)13(9-18)17-12-5-3-2-4-6-12/h7-8,12-13,17-18H,2-6,9-10H2,1H3. The summed E-state index contributed by atoms with van der Waals surface area (Å²) in [5.41, 5.74) is 0.976. The van der Waals surface area contributed by atoms with Gasteiger partial charge in [0.2, 0.25) is 12.5 Å². The van der Waals surface area contributed by atoms with Gasteiger partial charge < -0.3 is 24.6 Å². The number of nitrogens with one attached hydrogen (secondary N) is 1. The molecule has 0 saturated heterocycles. The van der Waals surface area contributed by atoms with Crippen molar-refractivity contribution >= 4 is 0 Å². The zero-order valence-electron chi connectivity index (χ0n) is 12.4. The van der Waals surface area contributed by atoms with Gasteiger partial charge in [0.05, 0.1) is 19.8 Å². The second kappa shape index (κ2) is 6.54. The van der Waals surface area contributed by atoms with E-state index in [1.54, 1.807) is 7.11 Å². The largest absolute Gasteiger partial charge is 0.493 e. The van der Waals surface area contributed by atoms with Crippen LogP contribution in [0.3, 0.4) is 0 Å². The lowest BCUT2D eigenvalue weighted by atomic mass is 9.94. The summed E-state index contributed by atoms with van der Waals surface area (Å²) in [6, 6.07) is 4.23. The quantitative estimate of drug-likeness (QED) is 0.873. The van der Waals surface area contributed by atoms with Gasteiger partial charge in [0.15, 0.2) is 11.5 Å². The van der Waals surface area contributed by atoms with Crippen LogP contribution in [0.25, 0.3) is 0 Å². The minimum atomic E-state index is -0.100. The average molecular weight is 293 g/mol. The van der Waals surface area contributed by atoms with E-state index in [2.05, 4.69) is 5.32 Å². The molecule has 3 rings (SSSR count). The fourth-order valence-corrected chi connectivity index (χ4v) is 3.16. The molecule has 1 aliphatic heterocycles. The second-order valence-electron chi connectivity index (χ2n) is 5.69. The maximum absolute atomic E-state index is 9.75. The van der Waals surface area contributed by atoms with Gasteiger partial charge in [0.25, 0.3) is 0 Å². The molecule has 0 radical (unpaired) electrons. The van der Waals surface area contributed by atoms with Crippen LogP contribution in [0.1, 0.15) is 43.7 Å². The number of benzene rings is 1. The van der Waals surface area contributed by atoms with Crippen molar-refractivity contribution in [1.29, 1.82) is 0 Å². The minimum absolute atomic E-state index is 0.0549. The molecule has 2 N–H and O–H groups in total. The lowest BCUT2D eigenvalue weighted by Gasteiger charge is -2.28. The highest BCUT2D eigenvalue weighted by molar-refractivity contribution is 5.55. The fourth-order valence-electron chi connectivity index (χ4n) is 3.16. The van der Waals surface area contributed by atoms with Crippen molar-refractivity contribution in [3.8, 4) is 17.2 Å². The van der Waals surface area contributed by atoms with Crippen molar-refractivity contribution in [3.63, 3.8) is 0 Å². The van der Waals surface area contributed by atoms with Crippen LogP contribution in [0, 0.1) is 0 Å². The number of rotatable bonds is 5. The van der Waals surface area contributed by atoms with E-state index in [-0.39, 0.29) is 19.4 Å². The van der Waals surface area contributed by atoms with Crippen molar-refractivity contribution in [2.75, 3.05) is 20.5 Å². The van der Waals surface area contributed by atoms with Crippen molar-refractivity contribution in [2.45, 2.75) is 44.2 Å². The number of ether oxygens (including phenoxy) is 3. The van der Waals surface area contributed by atoms with Gasteiger partial charge in [-0.15, -0.1) is 0 Å². The third kappa shape index (κ3) is 3.09. The number of aliphatic hydroxyl groups is 1. The van der Waals surface area contributed by atoms with E-state index in [9.17, 15) is 5.11 Å². The molecule has 1 aliphatic carbocycles. The number of hydrogen-bond donors (Lipinski definition) is 2. The maximum Gasteiger partial charge on any atom is 0.231 e. The maximum atomic E-state index is 9.75. The first kappa shape index (κ1) is 14.5. The molecule has 5 heteroatoms. The molecule has 1 fully saturated rings. The Morgan fingerprint density at radius 2 is 2.10 bits per heavy atom. The molecule has 21 heavy (non-hydrogen) atoms. The highest BCUT2D eigenvalue weighted by Gasteiger charge is 2.24. The summed E-state index contributed by atoms with van der Waals surface area (Å²) in [6.07, 6.45) is 6.21.